The van der Waals surface area contributed by atoms with Gasteiger partial charge in [-0.2, -0.15) is 0 Å². The molecule has 0 aliphatic carbocycles. The monoisotopic (exact) mass is 141 g/mol. The van der Waals surface area contributed by atoms with Crippen molar-refractivity contribution in [1.29, 1.82) is 0 Å². The topological polar surface area (TPSA) is 21.9 Å². The van der Waals surface area contributed by atoms with Crippen molar-refractivity contribution in [2.45, 2.75) is 52.1 Å². The molecular weight excluding hydrogens is 122 g/mol. The highest BCUT2D eigenvalue weighted by Gasteiger charge is 2.36. The Kier molecular flexibility index (Phi) is 2.72. The van der Waals surface area contributed by atoms with E-state index in [-0.39, 0.29) is 0 Å². The molecule has 1 heterocycles. The third kappa shape index (κ3) is 1.72. The molecule has 0 amide bonds. The van der Waals surface area contributed by atoms with Gasteiger partial charge in [0.2, 0.25) is 0 Å². The minimum atomic E-state index is 0.802. The van der Waals surface area contributed by atoms with Crippen LogP contribution in [-0.2, 0) is 0 Å². The van der Waals surface area contributed by atoms with Crippen molar-refractivity contribution in [2.75, 3.05) is 0 Å². The average molecular weight is 141 g/mol. The number of hydrogen-bond donors (Lipinski definition) is 1. The SMILES string of the molecule is CCCC(CC)C1NC1C. The molecule has 10 heavy (non-hydrogen) atoms. The van der Waals surface area contributed by atoms with Gasteiger partial charge in [-0.15, -0.1) is 0 Å². The lowest BCUT2D eigenvalue weighted by Crippen LogP contribution is -2.09. The standard InChI is InChI=1S/C9H19N/c1-4-6-8(5-2)9-7(3)10-9/h7-10H,4-6H2,1-3H3. The van der Waals surface area contributed by atoms with Gasteiger partial charge in [-0.25, -0.2) is 0 Å². The first-order valence-electron chi connectivity index (χ1n) is 4.55. The summed E-state index contributed by atoms with van der Waals surface area (Å²) in [6.07, 6.45) is 4.08. The second-order valence-electron chi connectivity index (χ2n) is 3.44. The van der Waals surface area contributed by atoms with Crippen molar-refractivity contribution in [2.24, 2.45) is 5.92 Å². The fraction of sp³-hybridized carbons (Fsp3) is 1.00. The lowest BCUT2D eigenvalue weighted by atomic mass is 9.95. The smallest absolute Gasteiger partial charge is 0.0249 e. The van der Waals surface area contributed by atoms with Crippen LogP contribution in [0, 0.1) is 5.92 Å². The van der Waals surface area contributed by atoms with Crippen molar-refractivity contribution < 1.29 is 0 Å². The second kappa shape index (κ2) is 3.38. The Balaban J connectivity index is 2.20. The van der Waals surface area contributed by atoms with E-state index in [1.807, 2.05) is 0 Å². The molecule has 1 saturated heterocycles. The average Bonchev–Trinajstić information content (AvgIpc) is 2.62. The zero-order valence-corrected chi connectivity index (χ0v) is 7.35. The van der Waals surface area contributed by atoms with Crippen LogP contribution >= 0.6 is 0 Å². The van der Waals surface area contributed by atoms with E-state index in [1.165, 1.54) is 19.3 Å². The van der Waals surface area contributed by atoms with Crippen LogP contribution in [0.25, 0.3) is 0 Å². The first kappa shape index (κ1) is 8.06. The molecule has 1 nitrogen and oxygen atoms in total. The third-order valence-corrected chi connectivity index (χ3v) is 2.58. The van der Waals surface area contributed by atoms with Gasteiger partial charge in [0.15, 0.2) is 0 Å². The molecule has 1 aliphatic heterocycles. The summed E-state index contributed by atoms with van der Waals surface area (Å²) in [5.41, 5.74) is 0. The maximum absolute atomic E-state index is 3.47. The van der Waals surface area contributed by atoms with Gasteiger partial charge in [0.05, 0.1) is 0 Å². The van der Waals surface area contributed by atoms with Crippen LogP contribution < -0.4 is 5.32 Å². The fourth-order valence-electron chi connectivity index (χ4n) is 1.80. The lowest BCUT2D eigenvalue weighted by molar-refractivity contribution is 0.449. The van der Waals surface area contributed by atoms with Crippen molar-refractivity contribution in [3.63, 3.8) is 0 Å². The highest BCUT2D eigenvalue weighted by atomic mass is 15.1. The largest absolute Gasteiger partial charge is 0.308 e. The molecule has 1 fully saturated rings. The lowest BCUT2D eigenvalue weighted by Gasteiger charge is -2.10. The summed E-state index contributed by atoms with van der Waals surface area (Å²) in [6.45, 7) is 6.85. The van der Waals surface area contributed by atoms with E-state index in [4.69, 9.17) is 0 Å². The van der Waals surface area contributed by atoms with Gasteiger partial charge in [0, 0.05) is 12.1 Å². The fourth-order valence-corrected chi connectivity index (χ4v) is 1.80. The Morgan fingerprint density at radius 3 is 2.30 bits per heavy atom. The molecule has 1 aliphatic rings. The molecule has 1 N–H and O–H groups in total. The van der Waals surface area contributed by atoms with Gasteiger partial charge in [-0.05, 0) is 19.3 Å². The highest BCUT2D eigenvalue weighted by Crippen LogP contribution is 2.26. The summed E-state index contributed by atoms with van der Waals surface area (Å²) in [5.74, 6) is 0.944. The Hall–Kier alpha value is -0.0400. The van der Waals surface area contributed by atoms with Crippen LogP contribution in [0.1, 0.15) is 40.0 Å². The van der Waals surface area contributed by atoms with Crippen molar-refractivity contribution in [1.82, 2.24) is 5.32 Å². The molecule has 1 heteroatoms. The molecular formula is C9H19N. The van der Waals surface area contributed by atoms with Crippen LogP contribution in [-0.4, -0.2) is 12.1 Å². The minimum Gasteiger partial charge on any atom is -0.308 e. The summed E-state index contributed by atoms with van der Waals surface area (Å²) < 4.78 is 0. The van der Waals surface area contributed by atoms with Crippen LogP contribution in [0.15, 0.2) is 0 Å². The van der Waals surface area contributed by atoms with Gasteiger partial charge >= 0.3 is 0 Å². The maximum Gasteiger partial charge on any atom is 0.0249 e. The molecule has 0 radical (unpaired) electrons. The van der Waals surface area contributed by atoms with E-state index < -0.39 is 0 Å². The van der Waals surface area contributed by atoms with Gasteiger partial charge in [0.25, 0.3) is 0 Å². The quantitative estimate of drug-likeness (QED) is 0.595. The van der Waals surface area contributed by atoms with Crippen molar-refractivity contribution >= 4 is 0 Å². The van der Waals surface area contributed by atoms with Crippen molar-refractivity contribution in [3.05, 3.63) is 0 Å². The van der Waals surface area contributed by atoms with Crippen LogP contribution in [0.4, 0.5) is 0 Å². The molecule has 0 aromatic carbocycles. The Morgan fingerprint density at radius 1 is 1.40 bits per heavy atom. The van der Waals surface area contributed by atoms with Crippen LogP contribution in [0.3, 0.4) is 0 Å². The number of nitrogens with one attached hydrogen (secondary N) is 1. The molecule has 3 unspecified atom stereocenters. The first-order chi connectivity index (χ1) is 4.79. The first-order valence-corrected chi connectivity index (χ1v) is 4.55. The maximum atomic E-state index is 3.47. The summed E-state index contributed by atoms with van der Waals surface area (Å²) in [4.78, 5) is 0. The van der Waals surface area contributed by atoms with Crippen LogP contribution in [0.2, 0.25) is 0 Å². The predicted molar refractivity (Wildman–Crippen MR) is 45.1 cm³/mol. The van der Waals surface area contributed by atoms with E-state index in [1.54, 1.807) is 0 Å². The van der Waals surface area contributed by atoms with Gasteiger partial charge < -0.3 is 5.32 Å². The molecule has 3 atom stereocenters. The zero-order valence-electron chi connectivity index (χ0n) is 7.35. The summed E-state index contributed by atoms with van der Waals surface area (Å²) in [6, 6.07) is 1.65. The zero-order chi connectivity index (χ0) is 7.56. The van der Waals surface area contributed by atoms with E-state index in [0.717, 1.165) is 18.0 Å². The molecule has 60 valence electrons. The number of hydrogen-bond acceptors (Lipinski definition) is 1. The molecule has 1 rings (SSSR count). The van der Waals surface area contributed by atoms with E-state index >= 15 is 0 Å². The molecule has 0 bridgehead atoms. The molecule has 0 spiro atoms. The van der Waals surface area contributed by atoms with Gasteiger partial charge in [-0.3, -0.25) is 0 Å². The van der Waals surface area contributed by atoms with Crippen molar-refractivity contribution in [3.8, 4) is 0 Å². The van der Waals surface area contributed by atoms with E-state index in [9.17, 15) is 0 Å². The summed E-state index contributed by atoms with van der Waals surface area (Å²) >= 11 is 0. The van der Waals surface area contributed by atoms with E-state index in [2.05, 4.69) is 26.1 Å². The molecule has 0 aromatic heterocycles. The Labute approximate surface area is 64.2 Å². The normalized spacial score (nSPS) is 33.9. The second-order valence-corrected chi connectivity index (χ2v) is 3.44. The third-order valence-electron chi connectivity index (χ3n) is 2.58. The number of rotatable bonds is 4. The molecule has 0 aromatic rings. The predicted octanol–water partition coefficient (Wildman–Crippen LogP) is 2.17. The van der Waals surface area contributed by atoms with Gasteiger partial charge in [0.1, 0.15) is 0 Å². The Bertz CT molecular complexity index is 101. The highest BCUT2D eigenvalue weighted by molar-refractivity contribution is 4.98. The van der Waals surface area contributed by atoms with Crippen LogP contribution in [0.5, 0.6) is 0 Å². The Morgan fingerprint density at radius 2 is 2.00 bits per heavy atom. The minimum absolute atomic E-state index is 0.802. The molecule has 0 saturated carbocycles. The van der Waals surface area contributed by atoms with Gasteiger partial charge in [-0.1, -0.05) is 26.7 Å². The summed E-state index contributed by atoms with van der Waals surface area (Å²) in [5, 5.41) is 3.47. The summed E-state index contributed by atoms with van der Waals surface area (Å²) in [7, 11) is 0. The van der Waals surface area contributed by atoms with E-state index in [0.29, 0.717) is 0 Å².